The fourth-order valence-electron chi connectivity index (χ4n) is 4.06. The first-order valence-corrected chi connectivity index (χ1v) is 9.23. The monoisotopic (exact) mass is 343 g/mol. The number of aryl methyl sites for hydroxylation is 2. The molecule has 1 atom stereocenters. The second-order valence-corrected chi connectivity index (χ2v) is 7.43. The zero-order valence-electron chi connectivity index (χ0n) is 14.9. The highest BCUT2D eigenvalue weighted by Gasteiger charge is 2.45. The van der Waals surface area contributed by atoms with Crippen molar-refractivity contribution in [2.75, 3.05) is 13.1 Å². The first-order valence-electron chi connectivity index (χ1n) is 9.23. The van der Waals surface area contributed by atoms with E-state index in [2.05, 4.69) is 15.2 Å². The Bertz CT molecular complexity index is 763. The van der Waals surface area contributed by atoms with Crippen LogP contribution in [0.5, 0.6) is 0 Å². The summed E-state index contributed by atoms with van der Waals surface area (Å²) >= 11 is 0. The van der Waals surface area contributed by atoms with Gasteiger partial charge < -0.3 is 9.42 Å². The number of amides is 1. The van der Waals surface area contributed by atoms with E-state index in [1.807, 2.05) is 24.8 Å². The molecule has 2 aromatic rings. The molecule has 1 unspecified atom stereocenters. The fraction of sp³-hybridized carbons (Fsp3) is 0.667. The SMILES string of the molecule is CCn1nccc1C(=O)N1CCCC(CC2CC2)(c2noc(C)n2)C1. The van der Waals surface area contributed by atoms with Crippen LogP contribution in [0.2, 0.25) is 0 Å². The number of nitrogens with zero attached hydrogens (tertiary/aromatic N) is 5. The lowest BCUT2D eigenvalue weighted by molar-refractivity contribution is 0.0595. The van der Waals surface area contributed by atoms with Crippen LogP contribution in [0.1, 0.15) is 61.2 Å². The summed E-state index contributed by atoms with van der Waals surface area (Å²) in [6, 6.07) is 1.81. The van der Waals surface area contributed by atoms with Gasteiger partial charge >= 0.3 is 0 Å². The van der Waals surface area contributed by atoms with Gasteiger partial charge in [0.05, 0.1) is 5.41 Å². The molecule has 2 aromatic heterocycles. The molecule has 1 saturated heterocycles. The standard InChI is InChI=1S/C18H25N5O2/c1-3-23-15(7-9-19-23)16(24)22-10-4-8-18(12-22,11-14-5-6-14)17-20-13(2)25-21-17/h7,9,14H,3-6,8,10-12H2,1-2H3. The van der Waals surface area contributed by atoms with E-state index in [0.29, 0.717) is 24.7 Å². The number of likely N-dealkylation sites (tertiary alicyclic amines) is 1. The average Bonchev–Trinajstić information content (AvgIpc) is 3.12. The Morgan fingerprint density at radius 2 is 2.28 bits per heavy atom. The van der Waals surface area contributed by atoms with Crippen molar-refractivity contribution < 1.29 is 9.32 Å². The van der Waals surface area contributed by atoms with Crippen molar-refractivity contribution >= 4 is 5.91 Å². The Hall–Kier alpha value is -2.18. The molecule has 0 radical (unpaired) electrons. The molecule has 25 heavy (non-hydrogen) atoms. The van der Waals surface area contributed by atoms with Crippen molar-refractivity contribution in [3.05, 3.63) is 29.7 Å². The number of hydrogen-bond donors (Lipinski definition) is 0. The van der Waals surface area contributed by atoms with Crippen LogP contribution in [0.4, 0.5) is 0 Å². The second kappa shape index (κ2) is 6.28. The van der Waals surface area contributed by atoms with Gasteiger partial charge in [-0.1, -0.05) is 18.0 Å². The van der Waals surface area contributed by atoms with Gasteiger partial charge in [0, 0.05) is 32.8 Å². The van der Waals surface area contributed by atoms with Gasteiger partial charge in [-0.05, 0) is 38.2 Å². The molecule has 2 fully saturated rings. The van der Waals surface area contributed by atoms with Crippen molar-refractivity contribution in [1.82, 2.24) is 24.8 Å². The van der Waals surface area contributed by atoms with E-state index in [9.17, 15) is 4.79 Å². The third-order valence-corrected chi connectivity index (χ3v) is 5.48. The Labute approximate surface area is 147 Å². The molecule has 1 amide bonds. The maximum Gasteiger partial charge on any atom is 0.272 e. The van der Waals surface area contributed by atoms with E-state index < -0.39 is 0 Å². The van der Waals surface area contributed by atoms with Crippen LogP contribution in [-0.2, 0) is 12.0 Å². The highest BCUT2D eigenvalue weighted by molar-refractivity contribution is 5.92. The van der Waals surface area contributed by atoms with E-state index in [4.69, 9.17) is 4.52 Å². The molecular formula is C18H25N5O2. The molecule has 0 bridgehead atoms. The molecule has 2 aliphatic rings. The molecule has 7 heteroatoms. The van der Waals surface area contributed by atoms with Crippen LogP contribution < -0.4 is 0 Å². The number of piperidine rings is 1. The molecule has 0 spiro atoms. The first-order chi connectivity index (χ1) is 12.1. The Kier molecular flexibility index (Phi) is 4.09. The maximum atomic E-state index is 13.1. The molecule has 0 aromatic carbocycles. The molecule has 4 rings (SSSR count). The summed E-state index contributed by atoms with van der Waals surface area (Å²) in [4.78, 5) is 19.6. The van der Waals surface area contributed by atoms with Gasteiger partial charge in [0.1, 0.15) is 5.69 Å². The minimum atomic E-state index is -0.177. The Morgan fingerprint density at radius 1 is 1.44 bits per heavy atom. The molecule has 0 N–H and O–H groups in total. The molecule has 134 valence electrons. The van der Waals surface area contributed by atoms with E-state index in [1.165, 1.54) is 12.8 Å². The zero-order chi connectivity index (χ0) is 17.4. The van der Waals surface area contributed by atoms with E-state index >= 15 is 0 Å². The quantitative estimate of drug-likeness (QED) is 0.834. The van der Waals surface area contributed by atoms with Crippen LogP contribution in [0.15, 0.2) is 16.8 Å². The van der Waals surface area contributed by atoms with Crippen LogP contribution in [-0.4, -0.2) is 43.8 Å². The van der Waals surface area contributed by atoms with Gasteiger partial charge in [-0.2, -0.15) is 10.1 Å². The lowest BCUT2D eigenvalue weighted by Crippen LogP contribution is -2.49. The van der Waals surface area contributed by atoms with E-state index in [1.54, 1.807) is 10.9 Å². The first kappa shape index (κ1) is 16.3. The van der Waals surface area contributed by atoms with Crippen molar-refractivity contribution in [3.8, 4) is 0 Å². The summed E-state index contributed by atoms with van der Waals surface area (Å²) in [5.74, 6) is 2.16. The summed E-state index contributed by atoms with van der Waals surface area (Å²) in [7, 11) is 0. The lowest BCUT2D eigenvalue weighted by Gasteiger charge is -2.41. The van der Waals surface area contributed by atoms with Crippen molar-refractivity contribution in [3.63, 3.8) is 0 Å². The van der Waals surface area contributed by atoms with E-state index in [-0.39, 0.29) is 11.3 Å². The summed E-state index contributed by atoms with van der Waals surface area (Å²) in [6.45, 7) is 5.96. The molecule has 1 aliphatic heterocycles. The third kappa shape index (κ3) is 3.07. The smallest absolute Gasteiger partial charge is 0.272 e. The minimum Gasteiger partial charge on any atom is -0.340 e. The van der Waals surface area contributed by atoms with Crippen molar-refractivity contribution in [1.29, 1.82) is 0 Å². The molecule has 1 saturated carbocycles. The van der Waals surface area contributed by atoms with Crippen LogP contribution in [0.25, 0.3) is 0 Å². The van der Waals surface area contributed by atoms with Crippen LogP contribution in [0.3, 0.4) is 0 Å². The Balaban J connectivity index is 1.61. The van der Waals surface area contributed by atoms with Crippen molar-refractivity contribution in [2.45, 2.75) is 57.9 Å². The predicted octanol–water partition coefficient (Wildman–Crippen LogP) is 2.57. The predicted molar refractivity (Wildman–Crippen MR) is 91.1 cm³/mol. The van der Waals surface area contributed by atoms with Gasteiger partial charge in [0.2, 0.25) is 5.89 Å². The van der Waals surface area contributed by atoms with Crippen LogP contribution in [0, 0.1) is 12.8 Å². The summed E-state index contributed by atoms with van der Waals surface area (Å²) in [6.07, 6.45) is 7.26. The van der Waals surface area contributed by atoms with Gasteiger partial charge in [-0.3, -0.25) is 9.48 Å². The maximum absolute atomic E-state index is 13.1. The topological polar surface area (TPSA) is 77.0 Å². The van der Waals surface area contributed by atoms with Gasteiger partial charge in [0.15, 0.2) is 5.82 Å². The second-order valence-electron chi connectivity index (χ2n) is 7.43. The third-order valence-electron chi connectivity index (χ3n) is 5.48. The molecular weight excluding hydrogens is 318 g/mol. The molecule has 1 aliphatic carbocycles. The number of carbonyl (C=O) groups excluding carboxylic acids is 1. The molecule has 7 nitrogen and oxygen atoms in total. The van der Waals surface area contributed by atoms with E-state index in [0.717, 1.165) is 37.5 Å². The Morgan fingerprint density at radius 3 is 2.96 bits per heavy atom. The number of rotatable bonds is 5. The molecule has 3 heterocycles. The van der Waals surface area contributed by atoms with Crippen molar-refractivity contribution in [2.24, 2.45) is 5.92 Å². The summed E-state index contributed by atoms with van der Waals surface area (Å²) in [5.41, 5.74) is 0.484. The fourth-order valence-corrected chi connectivity index (χ4v) is 4.06. The number of carbonyl (C=O) groups is 1. The summed E-state index contributed by atoms with van der Waals surface area (Å²) in [5, 5.41) is 8.48. The van der Waals surface area contributed by atoms with Gasteiger partial charge in [0.25, 0.3) is 5.91 Å². The highest BCUT2D eigenvalue weighted by Crippen LogP contribution is 2.45. The van der Waals surface area contributed by atoms with Gasteiger partial charge in [-0.15, -0.1) is 0 Å². The lowest BCUT2D eigenvalue weighted by atomic mass is 9.74. The normalized spacial score (nSPS) is 23.8. The number of aromatic nitrogens is 4. The highest BCUT2D eigenvalue weighted by atomic mass is 16.5. The zero-order valence-corrected chi connectivity index (χ0v) is 14.9. The summed E-state index contributed by atoms with van der Waals surface area (Å²) < 4.78 is 7.03. The average molecular weight is 343 g/mol. The minimum absolute atomic E-state index is 0.0550. The number of hydrogen-bond acceptors (Lipinski definition) is 5. The van der Waals surface area contributed by atoms with Crippen LogP contribution >= 0.6 is 0 Å². The van der Waals surface area contributed by atoms with Gasteiger partial charge in [-0.25, -0.2) is 0 Å². The largest absolute Gasteiger partial charge is 0.340 e.